The molecule has 0 saturated heterocycles. The van der Waals surface area contributed by atoms with E-state index in [2.05, 4.69) is 11.4 Å². The van der Waals surface area contributed by atoms with Gasteiger partial charge in [0, 0.05) is 13.1 Å². The maximum Gasteiger partial charge on any atom is 0.173 e. The zero-order chi connectivity index (χ0) is 13.7. The van der Waals surface area contributed by atoms with Gasteiger partial charge >= 0.3 is 0 Å². The Morgan fingerprint density at radius 3 is 2.68 bits per heavy atom. The molecule has 0 spiro atoms. The van der Waals surface area contributed by atoms with Gasteiger partial charge in [-0.2, -0.15) is 5.26 Å². The number of nitrogens with one attached hydrogen (secondary N) is 1. The smallest absolute Gasteiger partial charge is 0.173 e. The third-order valence-electron chi connectivity index (χ3n) is 3.62. The van der Waals surface area contributed by atoms with Crippen molar-refractivity contribution in [2.45, 2.75) is 38.1 Å². The van der Waals surface area contributed by atoms with Gasteiger partial charge in [-0.25, -0.2) is 0 Å². The molecule has 0 heterocycles. The predicted octanol–water partition coefficient (Wildman–Crippen LogP) is 3.20. The van der Waals surface area contributed by atoms with Crippen molar-refractivity contribution in [2.24, 2.45) is 0 Å². The van der Waals surface area contributed by atoms with E-state index >= 15 is 0 Å². The molecule has 1 aromatic rings. The molecule has 0 radical (unpaired) electrons. The van der Waals surface area contributed by atoms with Crippen LogP contribution < -0.4 is 10.2 Å². The largest absolute Gasteiger partial charge is 0.360 e. The van der Waals surface area contributed by atoms with E-state index in [-0.39, 0.29) is 0 Å². The first kappa shape index (κ1) is 13.8. The highest BCUT2D eigenvalue weighted by Gasteiger charge is 2.17. The number of nitrogens with zero attached hydrogens (tertiary/aromatic N) is 2. The summed E-state index contributed by atoms with van der Waals surface area (Å²) >= 11 is 5.45. The van der Waals surface area contributed by atoms with Gasteiger partial charge in [0.1, 0.15) is 6.07 Å². The van der Waals surface area contributed by atoms with E-state index in [0.717, 1.165) is 5.69 Å². The van der Waals surface area contributed by atoms with Crippen molar-refractivity contribution in [1.82, 2.24) is 5.32 Å². The standard InChI is InChI=1S/C15H19N3S/c1-18(14-10-6-5-7-12(14)11-16)15(19)17-13-8-3-2-4-9-13/h5-7,10,13H,2-4,8-9H2,1H3,(H,17,19). The van der Waals surface area contributed by atoms with Crippen LogP contribution in [-0.4, -0.2) is 18.2 Å². The van der Waals surface area contributed by atoms with Crippen molar-refractivity contribution < 1.29 is 0 Å². The fourth-order valence-electron chi connectivity index (χ4n) is 2.49. The second kappa shape index (κ2) is 6.53. The third-order valence-corrected chi connectivity index (χ3v) is 4.01. The molecule has 19 heavy (non-hydrogen) atoms. The van der Waals surface area contributed by atoms with Gasteiger partial charge < -0.3 is 10.2 Å². The molecule has 2 rings (SSSR count). The summed E-state index contributed by atoms with van der Waals surface area (Å²) in [7, 11) is 1.91. The number of hydrogen-bond acceptors (Lipinski definition) is 2. The van der Waals surface area contributed by atoms with Crippen molar-refractivity contribution in [2.75, 3.05) is 11.9 Å². The van der Waals surface area contributed by atoms with Gasteiger partial charge in [0.25, 0.3) is 0 Å². The number of rotatable bonds is 2. The summed E-state index contributed by atoms with van der Waals surface area (Å²) in [5.74, 6) is 0. The highest BCUT2D eigenvalue weighted by atomic mass is 32.1. The van der Waals surface area contributed by atoms with E-state index < -0.39 is 0 Å². The first-order valence-electron chi connectivity index (χ1n) is 6.75. The Kier molecular flexibility index (Phi) is 4.75. The van der Waals surface area contributed by atoms with E-state index in [1.807, 2.05) is 36.2 Å². The molecule has 0 atom stereocenters. The Labute approximate surface area is 120 Å². The number of hydrogen-bond donors (Lipinski definition) is 1. The first-order valence-corrected chi connectivity index (χ1v) is 7.16. The minimum Gasteiger partial charge on any atom is -0.360 e. The average Bonchev–Trinajstić information content (AvgIpc) is 2.47. The molecule has 0 aliphatic heterocycles. The predicted molar refractivity (Wildman–Crippen MR) is 82.2 cm³/mol. The minimum absolute atomic E-state index is 0.484. The van der Waals surface area contributed by atoms with E-state index in [4.69, 9.17) is 17.5 Å². The van der Waals surface area contributed by atoms with Crippen LogP contribution in [0.25, 0.3) is 0 Å². The number of para-hydroxylation sites is 1. The summed E-state index contributed by atoms with van der Waals surface area (Å²) in [6.07, 6.45) is 6.26. The van der Waals surface area contributed by atoms with Crippen molar-refractivity contribution in [3.05, 3.63) is 29.8 Å². The summed E-state index contributed by atoms with van der Waals surface area (Å²) in [6.45, 7) is 0. The number of thiocarbonyl (C=S) groups is 1. The molecule has 0 unspecified atom stereocenters. The molecule has 1 aliphatic carbocycles. The summed E-state index contributed by atoms with van der Waals surface area (Å²) in [5.41, 5.74) is 1.51. The maximum absolute atomic E-state index is 9.13. The Bertz CT molecular complexity index is 486. The van der Waals surface area contributed by atoms with Gasteiger partial charge in [-0.15, -0.1) is 0 Å². The van der Waals surface area contributed by atoms with Gasteiger partial charge in [-0.05, 0) is 37.2 Å². The lowest BCUT2D eigenvalue weighted by molar-refractivity contribution is 0.414. The van der Waals surface area contributed by atoms with Crippen LogP contribution in [0.4, 0.5) is 5.69 Å². The van der Waals surface area contributed by atoms with Gasteiger partial charge in [-0.1, -0.05) is 31.4 Å². The fourth-order valence-corrected chi connectivity index (χ4v) is 2.75. The van der Waals surface area contributed by atoms with Crippen LogP contribution in [0.5, 0.6) is 0 Å². The molecule has 0 bridgehead atoms. The highest BCUT2D eigenvalue weighted by Crippen LogP contribution is 2.20. The normalized spacial score (nSPS) is 15.6. The minimum atomic E-state index is 0.484. The van der Waals surface area contributed by atoms with Gasteiger partial charge in [0.15, 0.2) is 5.11 Å². The average molecular weight is 273 g/mol. The Hall–Kier alpha value is -1.60. The van der Waals surface area contributed by atoms with E-state index in [0.29, 0.717) is 16.7 Å². The molecule has 3 nitrogen and oxygen atoms in total. The van der Waals surface area contributed by atoms with Crippen LogP contribution in [0.3, 0.4) is 0 Å². The SMILES string of the molecule is CN(C(=S)NC1CCCCC1)c1ccccc1C#N. The monoisotopic (exact) mass is 273 g/mol. The van der Waals surface area contributed by atoms with Crippen molar-refractivity contribution >= 4 is 23.0 Å². The number of anilines is 1. The topological polar surface area (TPSA) is 39.1 Å². The van der Waals surface area contributed by atoms with Crippen molar-refractivity contribution in [3.8, 4) is 6.07 Å². The fraction of sp³-hybridized carbons (Fsp3) is 0.467. The quantitative estimate of drug-likeness (QED) is 0.840. The summed E-state index contributed by atoms with van der Waals surface area (Å²) < 4.78 is 0. The van der Waals surface area contributed by atoms with Crippen LogP contribution in [0, 0.1) is 11.3 Å². The van der Waals surface area contributed by atoms with E-state index in [9.17, 15) is 0 Å². The zero-order valence-corrected chi connectivity index (χ0v) is 12.0. The molecule has 4 heteroatoms. The lowest BCUT2D eigenvalue weighted by atomic mass is 9.96. The van der Waals surface area contributed by atoms with E-state index in [1.54, 1.807) is 0 Å². The second-order valence-electron chi connectivity index (χ2n) is 4.97. The van der Waals surface area contributed by atoms with Crippen molar-refractivity contribution in [3.63, 3.8) is 0 Å². The molecule has 1 fully saturated rings. The summed E-state index contributed by atoms with van der Waals surface area (Å²) in [6, 6.07) is 10.2. The molecule has 0 amide bonds. The molecule has 0 aromatic heterocycles. The molecular weight excluding hydrogens is 254 g/mol. The van der Waals surface area contributed by atoms with Gasteiger partial charge in [0.05, 0.1) is 11.3 Å². The van der Waals surface area contributed by atoms with Crippen LogP contribution in [0.1, 0.15) is 37.7 Å². The van der Waals surface area contributed by atoms with Gasteiger partial charge in [-0.3, -0.25) is 0 Å². The van der Waals surface area contributed by atoms with Crippen molar-refractivity contribution in [1.29, 1.82) is 5.26 Å². The number of nitriles is 1. The van der Waals surface area contributed by atoms with Crippen LogP contribution in [-0.2, 0) is 0 Å². The third kappa shape index (κ3) is 3.45. The summed E-state index contributed by atoms with van der Waals surface area (Å²) in [4.78, 5) is 1.89. The molecule has 1 aliphatic rings. The molecule has 1 saturated carbocycles. The number of benzene rings is 1. The Morgan fingerprint density at radius 2 is 2.00 bits per heavy atom. The maximum atomic E-state index is 9.13. The van der Waals surface area contributed by atoms with Crippen LogP contribution in [0.2, 0.25) is 0 Å². The van der Waals surface area contributed by atoms with Crippen LogP contribution >= 0.6 is 12.2 Å². The highest BCUT2D eigenvalue weighted by molar-refractivity contribution is 7.80. The first-order chi connectivity index (χ1) is 9.22. The molecular formula is C15H19N3S. The Balaban J connectivity index is 2.04. The molecule has 1 aromatic carbocycles. The van der Waals surface area contributed by atoms with Gasteiger partial charge in [0.2, 0.25) is 0 Å². The lowest BCUT2D eigenvalue weighted by Crippen LogP contribution is -2.44. The van der Waals surface area contributed by atoms with Crippen LogP contribution in [0.15, 0.2) is 24.3 Å². The summed E-state index contributed by atoms with van der Waals surface area (Å²) in [5, 5.41) is 13.2. The van der Waals surface area contributed by atoms with E-state index in [1.165, 1.54) is 32.1 Å². The molecule has 1 N–H and O–H groups in total. The zero-order valence-electron chi connectivity index (χ0n) is 11.2. The lowest BCUT2D eigenvalue weighted by Gasteiger charge is -2.28. The molecule has 100 valence electrons. The Morgan fingerprint density at radius 1 is 1.32 bits per heavy atom. The second-order valence-corrected chi connectivity index (χ2v) is 5.36.